The normalized spacial score (nSPS) is 16.0. The van der Waals surface area contributed by atoms with Crippen molar-refractivity contribution in [3.63, 3.8) is 0 Å². The van der Waals surface area contributed by atoms with Crippen LogP contribution in [0.15, 0.2) is 47.6 Å². The number of hydrogen-bond donors (Lipinski definition) is 1. The number of hydrazone groups is 1. The first-order chi connectivity index (χ1) is 12.5. The molecule has 26 heavy (non-hydrogen) atoms. The minimum Gasteiger partial charge on any atom is -0.504 e. The molecule has 2 aromatic rings. The van der Waals surface area contributed by atoms with Gasteiger partial charge in [0.05, 0.1) is 12.8 Å². The Hall–Kier alpha value is -2.24. The van der Waals surface area contributed by atoms with Crippen molar-refractivity contribution in [1.29, 1.82) is 0 Å². The van der Waals surface area contributed by atoms with Crippen LogP contribution in [0.5, 0.6) is 11.5 Å². The van der Waals surface area contributed by atoms with Crippen LogP contribution in [0.1, 0.15) is 18.1 Å². The van der Waals surface area contributed by atoms with Gasteiger partial charge in [0, 0.05) is 43.3 Å². The zero-order valence-electron chi connectivity index (χ0n) is 15.2. The summed E-state index contributed by atoms with van der Waals surface area (Å²) in [6.45, 7) is 6.63. The number of rotatable bonds is 5. The monoisotopic (exact) mass is 373 g/mol. The average molecular weight is 374 g/mol. The standard InChI is InChI=1S/C20H24ClN3O2/c1-15(17-5-8-19(25)20(13-17)26-2)22-24-11-9-23(10-12-24)14-16-3-6-18(21)7-4-16/h3-8,13,25H,9-12,14H2,1-2H3. The first-order valence-corrected chi connectivity index (χ1v) is 9.07. The minimum absolute atomic E-state index is 0.139. The molecule has 6 heteroatoms. The second-order valence-electron chi connectivity index (χ2n) is 6.43. The molecule has 0 spiro atoms. The Labute approximate surface area is 159 Å². The van der Waals surface area contributed by atoms with Crippen LogP contribution >= 0.6 is 11.6 Å². The molecule has 0 saturated carbocycles. The van der Waals surface area contributed by atoms with Crippen LogP contribution < -0.4 is 4.74 Å². The fourth-order valence-corrected chi connectivity index (χ4v) is 3.14. The molecule has 0 unspecified atom stereocenters. The van der Waals surface area contributed by atoms with E-state index in [0.29, 0.717) is 5.75 Å². The van der Waals surface area contributed by atoms with Crippen molar-refractivity contribution in [2.24, 2.45) is 5.10 Å². The molecule has 138 valence electrons. The summed E-state index contributed by atoms with van der Waals surface area (Å²) in [6.07, 6.45) is 0. The van der Waals surface area contributed by atoms with E-state index in [4.69, 9.17) is 21.4 Å². The third-order valence-electron chi connectivity index (χ3n) is 4.56. The number of phenols is 1. The SMILES string of the molecule is COc1cc(C(C)=NN2CCN(Cc3ccc(Cl)cc3)CC2)ccc1O. The van der Waals surface area contributed by atoms with E-state index in [1.165, 1.54) is 5.56 Å². The van der Waals surface area contributed by atoms with Crippen molar-refractivity contribution in [2.75, 3.05) is 33.3 Å². The highest BCUT2D eigenvalue weighted by molar-refractivity contribution is 6.30. The van der Waals surface area contributed by atoms with E-state index in [2.05, 4.69) is 22.0 Å². The van der Waals surface area contributed by atoms with Gasteiger partial charge in [-0.15, -0.1) is 0 Å². The van der Waals surface area contributed by atoms with E-state index in [-0.39, 0.29) is 5.75 Å². The Morgan fingerprint density at radius 3 is 2.46 bits per heavy atom. The van der Waals surface area contributed by atoms with Gasteiger partial charge in [-0.1, -0.05) is 23.7 Å². The number of benzene rings is 2. The van der Waals surface area contributed by atoms with Crippen molar-refractivity contribution in [2.45, 2.75) is 13.5 Å². The molecule has 1 N–H and O–H groups in total. The maximum atomic E-state index is 9.72. The molecule has 0 aromatic heterocycles. The van der Waals surface area contributed by atoms with Gasteiger partial charge in [-0.3, -0.25) is 9.91 Å². The van der Waals surface area contributed by atoms with Crippen molar-refractivity contribution in [1.82, 2.24) is 9.91 Å². The highest BCUT2D eigenvalue weighted by Gasteiger charge is 2.16. The van der Waals surface area contributed by atoms with Crippen LogP contribution in [0.4, 0.5) is 0 Å². The van der Waals surface area contributed by atoms with Gasteiger partial charge in [0.25, 0.3) is 0 Å². The number of halogens is 1. The average Bonchev–Trinajstić information content (AvgIpc) is 2.65. The van der Waals surface area contributed by atoms with Gasteiger partial charge in [-0.25, -0.2) is 0 Å². The number of ether oxygens (including phenoxy) is 1. The van der Waals surface area contributed by atoms with Crippen LogP contribution in [0.3, 0.4) is 0 Å². The van der Waals surface area contributed by atoms with E-state index >= 15 is 0 Å². The van der Waals surface area contributed by atoms with Gasteiger partial charge < -0.3 is 9.84 Å². The van der Waals surface area contributed by atoms with Gasteiger partial charge in [-0.2, -0.15) is 5.10 Å². The molecular formula is C20H24ClN3O2. The Morgan fingerprint density at radius 2 is 1.81 bits per heavy atom. The van der Waals surface area contributed by atoms with Gasteiger partial charge >= 0.3 is 0 Å². The summed E-state index contributed by atoms with van der Waals surface area (Å²) in [5.41, 5.74) is 3.14. The Bertz CT molecular complexity index is 769. The molecular weight excluding hydrogens is 350 g/mol. The number of nitrogens with zero attached hydrogens (tertiary/aromatic N) is 3. The summed E-state index contributed by atoms with van der Waals surface area (Å²) in [5.74, 6) is 0.602. The molecule has 0 atom stereocenters. The van der Waals surface area contributed by atoms with Crippen molar-refractivity contribution >= 4 is 17.3 Å². The highest BCUT2D eigenvalue weighted by atomic mass is 35.5. The van der Waals surface area contributed by atoms with E-state index in [1.54, 1.807) is 13.2 Å². The minimum atomic E-state index is 0.139. The molecule has 1 aliphatic heterocycles. The van der Waals surface area contributed by atoms with Crippen molar-refractivity contribution in [3.05, 3.63) is 58.6 Å². The molecule has 0 aliphatic carbocycles. The maximum absolute atomic E-state index is 9.72. The van der Waals surface area contributed by atoms with E-state index in [9.17, 15) is 5.11 Å². The summed E-state index contributed by atoms with van der Waals surface area (Å²) in [4.78, 5) is 2.42. The lowest BCUT2D eigenvalue weighted by Crippen LogP contribution is -2.43. The topological polar surface area (TPSA) is 48.3 Å². The van der Waals surface area contributed by atoms with Gasteiger partial charge in [0.2, 0.25) is 0 Å². The van der Waals surface area contributed by atoms with Gasteiger partial charge in [0.15, 0.2) is 11.5 Å². The van der Waals surface area contributed by atoms with Crippen LogP contribution in [0.25, 0.3) is 0 Å². The molecule has 1 aliphatic rings. The van der Waals surface area contributed by atoms with Gasteiger partial charge in [0.1, 0.15) is 0 Å². The van der Waals surface area contributed by atoms with Gasteiger partial charge in [-0.05, 0) is 42.8 Å². The molecule has 3 rings (SSSR count). The summed E-state index contributed by atoms with van der Waals surface area (Å²) in [6, 6.07) is 13.3. The van der Waals surface area contributed by atoms with Crippen molar-refractivity contribution in [3.8, 4) is 11.5 Å². The second kappa shape index (κ2) is 8.43. The van der Waals surface area contributed by atoms with E-state index < -0.39 is 0 Å². The first kappa shape index (κ1) is 18.5. The summed E-state index contributed by atoms with van der Waals surface area (Å²) in [5, 5.41) is 17.3. The lowest BCUT2D eigenvalue weighted by Gasteiger charge is -2.33. The quantitative estimate of drug-likeness (QED) is 0.813. The van der Waals surface area contributed by atoms with E-state index in [0.717, 1.165) is 49.0 Å². The zero-order chi connectivity index (χ0) is 18.5. The van der Waals surface area contributed by atoms with Crippen LogP contribution in [0, 0.1) is 0 Å². The maximum Gasteiger partial charge on any atom is 0.161 e. The number of hydrogen-bond acceptors (Lipinski definition) is 5. The van der Waals surface area contributed by atoms with Crippen LogP contribution in [-0.2, 0) is 6.54 Å². The number of aromatic hydroxyl groups is 1. The fourth-order valence-electron chi connectivity index (χ4n) is 3.02. The molecule has 2 aromatic carbocycles. The smallest absolute Gasteiger partial charge is 0.161 e. The lowest BCUT2D eigenvalue weighted by molar-refractivity contribution is 0.130. The van der Waals surface area contributed by atoms with Crippen LogP contribution in [-0.4, -0.2) is 54.0 Å². The summed E-state index contributed by atoms with van der Waals surface area (Å²) < 4.78 is 5.17. The molecule has 0 bridgehead atoms. The highest BCUT2D eigenvalue weighted by Crippen LogP contribution is 2.26. The third-order valence-corrected chi connectivity index (χ3v) is 4.81. The Kier molecular flexibility index (Phi) is 6.01. The van der Waals surface area contributed by atoms with Crippen molar-refractivity contribution < 1.29 is 9.84 Å². The molecule has 1 fully saturated rings. The molecule has 0 radical (unpaired) electrons. The zero-order valence-corrected chi connectivity index (χ0v) is 15.9. The number of piperazine rings is 1. The largest absolute Gasteiger partial charge is 0.504 e. The summed E-state index contributed by atoms with van der Waals surface area (Å²) in [7, 11) is 1.55. The molecule has 0 amide bonds. The predicted octanol–water partition coefficient (Wildman–Crippen LogP) is 3.60. The predicted molar refractivity (Wildman–Crippen MR) is 105 cm³/mol. The first-order valence-electron chi connectivity index (χ1n) is 8.69. The lowest BCUT2D eigenvalue weighted by atomic mass is 10.1. The Balaban J connectivity index is 1.57. The summed E-state index contributed by atoms with van der Waals surface area (Å²) >= 11 is 5.94. The third kappa shape index (κ3) is 4.68. The molecule has 1 saturated heterocycles. The molecule has 1 heterocycles. The fraction of sp³-hybridized carbons (Fsp3) is 0.350. The molecule has 5 nitrogen and oxygen atoms in total. The van der Waals surface area contributed by atoms with E-state index in [1.807, 2.05) is 31.2 Å². The Morgan fingerprint density at radius 1 is 1.12 bits per heavy atom. The number of methoxy groups -OCH3 is 1. The van der Waals surface area contributed by atoms with Crippen LogP contribution in [0.2, 0.25) is 5.02 Å². The number of phenolic OH excluding ortho intramolecular Hbond substituents is 1. The second-order valence-corrected chi connectivity index (χ2v) is 6.86.